The summed E-state index contributed by atoms with van der Waals surface area (Å²) in [7, 11) is 1.56. The van der Waals surface area contributed by atoms with E-state index in [0.717, 1.165) is 4.57 Å². The zero-order valence-electron chi connectivity index (χ0n) is 14.3. The summed E-state index contributed by atoms with van der Waals surface area (Å²) in [6.07, 6.45) is 0. The predicted octanol–water partition coefficient (Wildman–Crippen LogP) is 0.381. The number of hydrogen-bond acceptors (Lipinski definition) is 4. The molecule has 8 heteroatoms. The highest BCUT2D eigenvalue weighted by atomic mass is 16.5. The van der Waals surface area contributed by atoms with Gasteiger partial charge in [-0.05, 0) is 38.1 Å². The average molecular weight is 343 g/mol. The second-order valence-electron chi connectivity index (χ2n) is 5.48. The number of aromatic nitrogens is 4. The van der Waals surface area contributed by atoms with Crippen LogP contribution in [0.25, 0.3) is 22.3 Å². The van der Waals surface area contributed by atoms with Crippen molar-refractivity contribution in [1.82, 2.24) is 14.1 Å². The van der Waals surface area contributed by atoms with E-state index in [2.05, 4.69) is 9.97 Å². The Hall–Kier alpha value is -3.16. The monoisotopic (exact) mass is 343 g/mol. The van der Waals surface area contributed by atoms with Crippen LogP contribution in [0.4, 0.5) is 0 Å². The van der Waals surface area contributed by atoms with E-state index in [-0.39, 0.29) is 17.6 Å². The Morgan fingerprint density at radius 2 is 1.68 bits per heavy atom. The van der Waals surface area contributed by atoms with Crippen molar-refractivity contribution in [2.45, 2.75) is 26.9 Å². The predicted molar refractivity (Wildman–Crippen MR) is 93.0 cm³/mol. The van der Waals surface area contributed by atoms with Crippen molar-refractivity contribution < 1.29 is 9.72 Å². The number of rotatable bonds is 4. The Bertz CT molecular complexity index is 1110. The summed E-state index contributed by atoms with van der Waals surface area (Å²) in [5.41, 5.74) is -0.130. The average Bonchev–Trinajstić information content (AvgIpc) is 2.61. The molecule has 0 fully saturated rings. The minimum absolute atomic E-state index is 0.219. The Labute approximate surface area is 142 Å². The number of hydrogen-bond donors (Lipinski definition) is 1. The summed E-state index contributed by atoms with van der Waals surface area (Å²) in [6, 6.07) is 6.98. The molecule has 0 unspecified atom stereocenters. The van der Waals surface area contributed by atoms with Crippen LogP contribution < -0.4 is 26.7 Å². The fourth-order valence-corrected chi connectivity index (χ4v) is 2.92. The Morgan fingerprint density at radius 3 is 2.24 bits per heavy atom. The normalized spacial score (nSPS) is 11.0. The Balaban J connectivity index is 2.49. The minimum Gasteiger partial charge on any atom is -0.497 e. The fraction of sp³-hybridized carbons (Fsp3) is 0.294. The third kappa shape index (κ3) is 2.65. The molecular formula is C17H19N4O4+. The molecule has 0 bridgehead atoms. The molecule has 0 saturated carbocycles. The zero-order chi connectivity index (χ0) is 18.1. The summed E-state index contributed by atoms with van der Waals surface area (Å²) in [4.78, 5) is 42.7. The standard InChI is InChI=1S/C17H18N4O4/c1-4-20-14-12(15(22)21(5-2)17(20)24)13(18-16(23)19-14)10-6-8-11(25-3)9-7-10/h6-9H,4-5H2,1-3H3,(H,18,19,23)/p+1. The SMILES string of the molecule is CCn1c(=O)c2c(-c3ccc(OC)cc3)[nH]c(=O)[nH+]c2n(CC)c1=O. The molecule has 1 aromatic carbocycles. The molecule has 130 valence electrons. The van der Waals surface area contributed by atoms with Crippen LogP contribution in [0.2, 0.25) is 0 Å². The maximum atomic E-state index is 12.9. The van der Waals surface area contributed by atoms with Crippen LogP contribution in [-0.4, -0.2) is 21.2 Å². The van der Waals surface area contributed by atoms with Gasteiger partial charge in [-0.15, -0.1) is 0 Å². The second kappa shape index (κ2) is 6.39. The zero-order valence-corrected chi connectivity index (χ0v) is 14.3. The first-order valence-electron chi connectivity index (χ1n) is 7.99. The molecule has 0 aliphatic rings. The van der Waals surface area contributed by atoms with Crippen LogP contribution in [0.5, 0.6) is 5.75 Å². The summed E-state index contributed by atoms with van der Waals surface area (Å²) < 4.78 is 7.69. The number of nitrogens with one attached hydrogen (secondary N) is 2. The first-order valence-corrected chi connectivity index (χ1v) is 7.99. The lowest BCUT2D eigenvalue weighted by molar-refractivity contribution is -0.374. The third-order valence-corrected chi connectivity index (χ3v) is 4.16. The minimum atomic E-state index is -0.492. The number of ether oxygens (including phenoxy) is 1. The molecule has 3 rings (SSSR count). The molecule has 0 aliphatic heterocycles. The van der Waals surface area contributed by atoms with Crippen molar-refractivity contribution in [3.8, 4) is 17.0 Å². The molecule has 0 aliphatic carbocycles. The van der Waals surface area contributed by atoms with Crippen molar-refractivity contribution >= 4 is 11.0 Å². The van der Waals surface area contributed by atoms with Crippen LogP contribution in [0.3, 0.4) is 0 Å². The first-order chi connectivity index (χ1) is 12.0. The molecule has 0 amide bonds. The number of fused-ring (bicyclic) bond motifs is 1. The van der Waals surface area contributed by atoms with E-state index in [9.17, 15) is 14.4 Å². The van der Waals surface area contributed by atoms with Crippen molar-refractivity contribution in [3.63, 3.8) is 0 Å². The van der Waals surface area contributed by atoms with E-state index >= 15 is 0 Å². The van der Waals surface area contributed by atoms with Crippen molar-refractivity contribution in [3.05, 3.63) is 55.6 Å². The van der Waals surface area contributed by atoms with E-state index in [1.165, 1.54) is 4.57 Å². The molecule has 25 heavy (non-hydrogen) atoms. The van der Waals surface area contributed by atoms with Gasteiger partial charge in [0.25, 0.3) is 5.56 Å². The number of H-pyrrole nitrogens is 2. The van der Waals surface area contributed by atoms with Gasteiger partial charge in [0.1, 0.15) is 11.4 Å². The molecule has 3 aromatic rings. The molecule has 0 spiro atoms. The molecule has 8 nitrogen and oxygen atoms in total. The van der Waals surface area contributed by atoms with Gasteiger partial charge in [-0.25, -0.2) is 28.7 Å². The molecule has 0 atom stereocenters. The Morgan fingerprint density at radius 1 is 1.04 bits per heavy atom. The van der Waals surface area contributed by atoms with Gasteiger partial charge in [-0.1, -0.05) is 0 Å². The van der Waals surface area contributed by atoms with E-state index in [0.29, 0.717) is 23.6 Å². The van der Waals surface area contributed by atoms with E-state index in [1.807, 2.05) is 0 Å². The molecular weight excluding hydrogens is 324 g/mol. The lowest BCUT2D eigenvalue weighted by atomic mass is 10.1. The maximum Gasteiger partial charge on any atom is 0.439 e. The molecule has 2 heterocycles. The van der Waals surface area contributed by atoms with Gasteiger partial charge in [0.2, 0.25) is 5.65 Å². The quantitative estimate of drug-likeness (QED) is 0.740. The van der Waals surface area contributed by atoms with Gasteiger partial charge < -0.3 is 4.74 Å². The van der Waals surface area contributed by atoms with E-state index in [1.54, 1.807) is 45.2 Å². The number of benzene rings is 1. The summed E-state index contributed by atoms with van der Waals surface area (Å²) in [5.74, 6) is 0.661. The number of nitrogens with zero attached hydrogens (tertiary/aromatic N) is 2. The number of aryl methyl sites for hydroxylation is 1. The lowest BCUT2D eigenvalue weighted by Crippen LogP contribution is -2.45. The van der Waals surface area contributed by atoms with E-state index in [4.69, 9.17) is 4.74 Å². The van der Waals surface area contributed by atoms with Gasteiger partial charge in [-0.3, -0.25) is 4.79 Å². The fourth-order valence-electron chi connectivity index (χ4n) is 2.92. The summed E-state index contributed by atoms with van der Waals surface area (Å²) in [5, 5.41) is 0.271. The van der Waals surface area contributed by atoms with Gasteiger partial charge in [0, 0.05) is 12.1 Å². The smallest absolute Gasteiger partial charge is 0.439 e. The van der Waals surface area contributed by atoms with Crippen LogP contribution in [0.15, 0.2) is 38.6 Å². The van der Waals surface area contributed by atoms with Crippen LogP contribution in [-0.2, 0) is 13.1 Å². The van der Waals surface area contributed by atoms with Gasteiger partial charge in [-0.2, -0.15) is 0 Å². The molecule has 0 radical (unpaired) electrons. The van der Waals surface area contributed by atoms with Crippen LogP contribution in [0.1, 0.15) is 13.8 Å². The molecule has 0 saturated heterocycles. The van der Waals surface area contributed by atoms with Crippen molar-refractivity contribution in [2.24, 2.45) is 0 Å². The van der Waals surface area contributed by atoms with Crippen molar-refractivity contribution in [1.29, 1.82) is 0 Å². The van der Waals surface area contributed by atoms with Crippen LogP contribution in [0, 0.1) is 0 Å². The number of methoxy groups -OCH3 is 1. The number of aromatic amines is 2. The summed E-state index contributed by atoms with van der Waals surface area (Å²) in [6.45, 7) is 4.09. The van der Waals surface area contributed by atoms with Crippen molar-refractivity contribution in [2.75, 3.05) is 7.11 Å². The second-order valence-corrected chi connectivity index (χ2v) is 5.48. The maximum absolute atomic E-state index is 12.9. The largest absolute Gasteiger partial charge is 0.497 e. The summed E-state index contributed by atoms with van der Waals surface area (Å²) >= 11 is 0. The molecule has 2 N–H and O–H groups in total. The van der Waals surface area contributed by atoms with Gasteiger partial charge in [0.05, 0.1) is 13.7 Å². The third-order valence-electron chi connectivity index (χ3n) is 4.16. The van der Waals surface area contributed by atoms with E-state index < -0.39 is 16.9 Å². The van der Waals surface area contributed by atoms with Gasteiger partial charge >= 0.3 is 11.4 Å². The first kappa shape index (κ1) is 16.7. The highest BCUT2D eigenvalue weighted by Gasteiger charge is 2.22. The Kier molecular flexibility index (Phi) is 4.26. The highest BCUT2D eigenvalue weighted by Crippen LogP contribution is 2.23. The lowest BCUT2D eigenvalue weighted by Gasteiger charge is -2.09. The van der Waals surface area contributed by atoms with Crippen LogP contribution >= 0.6 is 0 Å². The van der Waals surface area contributed by atoms with Gasteiger partial charge in [0.15, 0.2) is 5.39 Å². The highest BCUT2D eigenvalue weighted by molar-refractivity contribution is 5.87. The molecule has 2 aromatic heterocycles. The topological polar surface area (TPSA) is 100 Å².